The summed E-state index contributed by atoms with van der Waals surface area (Å²) >= 11 is 2.94. The topological polar surface area (TPSA) is 85.1 Å². The monoisotopic (exact) mass is 345 g/mol. The number of non-ortho nitro benzene ring substituents is 1. The molecular weight excluding hydrogens is 334 g/mol. The van der Waals surface area contributed by atoms with E-state index >= 15 is 0 Å². The van der Waals surface area contributed by atoms with Gasteiger partial charge in [0.2, 0.25) is 0 Å². The fourth-order valence-corrected chi connectivity index (χ4v) is 3.55. The largest absolute Gasteiger partial charge is 0.320 e. The average Bonchev–Trinajstić information content (AvgIpc) is 3.20. The number of nitro benzene ring substituents is 1. The first-order chi connectivity index (χ1) is 11.0. The maximum atomic E-state index is 12.3. The molecule has 0 atom stereocenters. The maximum absolute atomic E-state index is 12.3. The highest BCUT2D eigenvalue weighted by atomic mass is 32.1. The minimum absolute atomic E-state index is 0.0662. The highest BCUT2D eigenvalue weighted by Crippen LogP contribution is 2.28. The van der Waals surface area contributed by atoms with E-state index in [0.717, 1.165) is 15.4 Å². The van der Waals surface area contributed by atoms with Crippen molar-refractivity contribution >= 4 is 40.0 Å². The van der Waals surface area contributed by atoms with Crippen molar-refractivity contribution in [3.63, 3.8) is 0 Å². The van der Waals surface area contributed by atoms with Gasteiger partial charge >= 0.3 is 0 Å². The van der Waals surface area contributed by atoms with Crippen LogP contribution in [-0.4, -0.2) is 15.8 Å². The molecule has 8 heteroatoms. The highest BCUT2D eigenvalue weighted by Gasteiger charge is 2.15. The molecule has 1 N–H and O–H groups in total. The summed E-state index contributed by atoms with van der Waals surface area (Å²) in [6.07, 6.45) is 0. The van der Waals surface area contributed by atoms with Gasteiger partial charge in [-0.3, -0.25) is 14.9 Å². The number of benzene rings is 1. The molecule has 0 aliphatic heterocycles. The molecule has 0 radical (unpaired) electrons. The van der Waals surface area contributed by atoms with Crippen LogP contribution in [-0.2, 0) is 0 Å². The molecular formula is C15H11N3O3S2. The molecule has 1 amide bonds. The third kappa shape index (κ3) is 3.27. The van der Waals surface area contributed by atoms with Crippen LogP contribution < -0.4 is 5.32 Å². The van der Waals surface area contributed by atoms with Crippen molar-refractivity contribution < 1.29 is 9.72 Å². The van der Waals surface area contributed by atoms with E-state index < -0.39 is 4.92 Å². The Kier molecular flexibility index (Phi) is 4.18. The molecule has 23 heavy (non-hydrogen) atoms. The lowest BCUT2D eigenvalue weighted by molar-refractivity contribution is -0.384. The minimum Gasteiger partial charge on any atom is -0.320 e. The number of nitrogens with one attached hydrogen (secondary N) is 1. The maximum Gasteiger partial charge on any atom is 0.275 e. The van der Waals surface area contributed by atoms with Crippen LogP contribution in [0.15, 0.2) is 41.1 Å². The first-order valence-electron chi connectivity index (χ1n) is 6.60. The molecule has 3 aromatic rings. The van der Waals surface area contributed by atoms with Gasteiger partial charge in [-0.25, -0.2) is 4.98 Å². The van der Waals surface area contributed by atoms with E-state index in [1.165, 1.54) is 23.5 Å². The normalized spacial score (nSPS) is 10.5. The van der Waals surface area contributed by atoms with Gasteiger partial charge in [0.15, 0.2) is 0 Å². The van der Waals surface area contributed by atoms with Gasteiger partial charge in [-0.1, -0.05) is 12.1 Å². The quantitative estimate of drug-likeness (QED) is 0.563. The summed E-state index contributed by atoms with van der Waals surface area (Å²) in [4.78, 5) is 28.0. The smallest absolute Gasteiger partial charge is 0.275 e. The second-order valence-corrected chi connectivity index (χ2v) is 6.53. The van der Waals surface area contributed by atoms with Crippen LogP contribution in [0.25, 0.3) is 9.88 Å². The summed E-state index contributed by atoms with van der Waals surface area (Å²) < 4.78 is 0. The van der Waals surface area contributed by atoms with E-state index in [4.69, 9.17) is 0 Å². The number of nitrogens with zero attached hydrogens (tertiary/aromatic N) is 2. The Labute approximate surface area is 139 Å². The van der Waals surface area contributed by atoms with E-state index in [9.17, 15) is 14.9 Å². The Morgan fingerprint density at radius 3 is 2.83 bits per heavy atom. The molecule has 0 bridgehead atoms. The van der Waals surface area contributed by atoms with Gasteiger partial charge in [0.1, 0.15) is 10.7 Å². The van der Waals surface area contributed by atoms with Gasteiger partial charge in [0.25, 0.3) is 11.6 Å². The number of anilines is 1. The standard InChI is InChI=1S/C15H11N3O3S2/c1-9-4-5-10(18(20)21)7-11(9)16-14(19)12-8-23-15(17-12)13-3-2-6-22-13/h2-8H,1H3,(H,16,19). The van der Waals surface area contributed by atoms with E-state index in [2.05, 4.69) is 10.3 Å². The third-order valence-corrected chi connectivity index (χ3v) is 5.03. The van der Waals surface area contributed by atoms with Crippen molar-refractivity contribution in [2.24, 2.45) is 0 Å². The third-order valence-electron chi connectivity index (χ3n) is 3.15. The number of aryl methyl sites for hydroxylation is 1. The molecule has 0 aliphatic rings. The van der Waals surface area contributed by atoms with Crippen molar-refractivity contribution in [3.05, 3.63) is 62.5 Å². The molecule has 0 aliphatic carbocycles. The van der Waals surface area contributed by atoms with Crippen LogP contribution in [0.5, 0.6) is 0 Å². The zero-order chi connectivity index (χ0) is 16.4. The molecule has 0 saturated heterocycles. The number of thiazole rings is 1. The predicted octanol–water partition coefficient (Wildman–Crippen LogP) is 4.34. The Hall–Kier alpha value is -2.58. The van der Waals surface area contributed by atoms with Crippen molar-refractivity contribution in [2.45, 2.75) is 6.92 Å². The van der Waals surface area contributed by atoms with E-state index in [1.54, 1.807) is 29.7 Å². The molecule has 0 spiro atoms. The predicted molar refractivity (Wildman–Crippen MR) is 91.2 cm³/mol. The first kappa shape index (κ1) is 15.3. The van der Waals surface area contributed by atoms with Crippen molar-refractivity contribution in [1.82, 2.24) is 4.98 Å². The van der Waals surface area contributed by atoms with Crippen molar-refractivity contribution in [3.8, 4) is 9.88 Å². The van der Waals surface area contributed by atoms with Gasteiger partial charge in [-0.15, -0.1) is 22.7 Å². The molecule has 6 nitrogen and oxygen atoms in total. The van der Waals surface area contributed by atoms with Crippen molar-refractivity contribution in [2.75, 3.05) is 5.32 Å². The number of nitro groups is 1. The zero-order valence-electron chi connectivity index (χ0n) is 12.0. The first-order valence-corrected chi connectivity index (χ1v) is 8.36. The zero-order valence-corrected chi connectivity index (χ0v) is 13.6. The second-order valence-electron chi connectivity index (χ2n) is 4.73. The fraction of sp³-hybridized carbons (Fsp3) is 0.0667. The summed E-state index contributed by atoms with van der Waals surface area (Å²) in [6, 6.07) is 8.22. The Morgan fingerprint density at radius 2 is 2.13 bits per heavy atom. The summed E-state index contributed by atoms with van der Waals surface area (Å²) in [5.41, 5.74) is 1.39. The van der Waals surface area contributed by atoms with Gasteiger partial charge < -0.3 is 5.32 Å². The van der Waals surface area contributed by atoms with E-state index in [-0.39, 0.29) is 11.6 Å². The molecule has 2 heterocycles. The van der Waals surface area contributed by atoms with Gasteiger partial charge in [-0.05, 0) is 23.9 Å². The number of hydrogen-bond acceptors (Lipinski definition) is 6. The molecule has 116 valence electrons. The van der Waals surface area contributed by atoms with Crippen LogP contribution in [0.4, 0.5) is 11.4 Å². The van der Waals surface area contributed by atoms with Crippen molar-refractivity contribution in [1.29, 1.82) is 0 Å². The molecule has 0 unspecified atom stereocenters. The van der Waals surface area contributed by atoms with Crippen LogP contribution >= 0.6 is 22.7 Å². The van der Waals surface area contributed by atoms with E-state index in [0.29, 0.717) is 11.4 Å². The van der Waals surface area contributed by atoms with Crippen LogP contribution in [0.3, 0.4) is 0 Å². The minimum atomic E-state index is -0.493. The van der Waals surface area contributed by atoms with Gasteiger partial charge in [0.05, 0.1) is 15.5 Å². The number of thiophene rings is 1. The molecule has 1 aromatic carbocycles. The second kappa shape index (κ2) is 6.27. The lowest BCUT2D eigenvalue weighted by Gasteiger charge is -2.06. The Bertz CT molecular complexity index is 872. The number of aromatic nitrogens is 1. The SMILES string of the molecule is Cc1ccc([N+](=O)[O-])cc1NC(=O)c1csc(-c2cccs2)n1. The summed E-state index contributed by atoms with van der Waals surface area (Å²) in [5, 5.41) is 17.9. The Balaban J connectivity index is 1.82. The number of amides is 1. The molecule has 2 aromatic heterocycles. The number of rotatable bonds is 4. The highest BCUT2D eigenvalue weighted by molar-refractivity contribution is 7.20. The van der Waals surface area contributed by atoms with E-state index in [1.807, 2.05) is 17.5 Å². The average molecular weight is 345 g/mol. The number of carbonyl (C=O) groups excluding carboxylic acids is 1. The van der Waals surface area contributed by atoms with Crippen LogP contribution in [0, 0.1) is 17.0 Å². The molecule has 0 fully saturated rings. The summed E-state index contributed by atoms with van der Waals surface area (Å²) in [6.45, 7) is 1.78. The summed E-state index contributed by atoms with van der Waals surface area (Å²) in [5.74, 6) is -0.382. The lowest BCUT2D eigenvalue weighted by Crippen LogP contribution is -2.13. The number of hydrogen-bond donors (Lipinski definition) is 1. The number of carbonyl (C=O) groups is 1. The lowest BCUT2D eigenvalue weighted by atomic mass is 10.2. The van der Waals surface area contributed by atoms with Gasteiger partial charge in [0, 0.05) is 17.5 Å². The molecule has 0 saturated carbocycles. The summed E-state index contributed by atoms with van der Waals surface area (Å²) in [7, 11) is 0. The van der Waals surface area contributed by atoms with Crippen LogP contribution in [0.2, 0.25) is 0 Å². The van der Waals surface area contributed by atoms with Crippen LogP contribution in [0.1, 0.15) is 16.1 Å². The van der Waals surface area contributed by atoms with Gasteiger partial charge in [-0.2, -0.15) is 0 Å². The fourth-order valence-electron chi connectivity index (χ4n) is 1.94. The Morgan fingerprint density at radius 1 is 1.30 bits per heavy atom. The molecule has 3 rings (SSSR count).